The second kappa shape index (κ2) is 10.8. The monoisotopic (exact) mass is 363 g/mol. The SMILES string of the molecule is CN=C(NCCCc1cccc(F)c1)NC1CCN(CC(=O)NC)CC1. The summed E-state index contributed by atoms with van der Waals surface area (Å²) < 4.78 is 13.2. The maximum Gasteiger partial charge on any atom is 0.233 e. The predicted octanol–water partition coefficient (Wildman–Crippen LogP) is 1.13. The Labute approximate surface area is 155 Å². The van der Waals surface area contributed by atoms with Crippen LogP contribution in [0.4, 0.5) is 4.39 Å². The number of halogens is 1. The molecule has 144 valence electrons. The highest BCUT2D eigenvalue weighted by atomic mass is 19.1. The number of aryl methyl sites for hydroxylation is 1. The minimum atomic E-state index is -0.185. The lowest BCUT2D eigenvalue weighted by Crippen LogP contribution is -2.50. The molecule has 0 aromatic heterocycles. The Hall–Kier alpha value is -2.15. The summed E-state index contributed by atoms with van der Waals surface area (Å²) in [6.45, 7) is 3.06. The van der Waals surface area contributed by atoms with Gasteiger partial charge in [-0.05, 0) is 43.4 Å². The first-order valence-corrected chi connectivity index (χ1v) is 9.25. The number of benzene rings is 1. The van der Waals surface area contributed by atoms with E-state index in [1.807, 2.05) is 6.07 Å². The molecule has 0 spiro atoms. The number of carbonyl (C=O) groups is 1. The Morgan fingerprint density at radius 1 is 1.35 bits per heavy atom. The normalized spacial score (nSPS) is 16.3. The van der Waals surface area contributed by atoms with E-state index in [4.69, 9.17) is 0 Å². The van der Waals surface area contributed by atoms with Gasteiger partial charge in [0, 0.05) is 39.8 Å². The van der Waals surface area contributed by atoms with Crippen LogP contribution in [0.15, 0.2) is 29.3 Å². The van der Waals surface area contributed by atoms with E-state index >= 15 is 0 Å². The number of likely N-dealkylation sites (tertiary alicyclic amines) is 1. The van der Waals surface area contributed by atoms with Crippen molar-refractivity contribution in [2.75, 3.05) is 40.3 Å². The van der Waals surface area contributed by atoms with Gasteiger partial charge in [-0.15, -0.1) is 0 Å². The zero-order chi connectivity index (χ0) is 18.8. The number of rotatable bonds is 7. The largest absolute Gasteiger partial charge is 0.358 e. The van der Waals surface area contributed by atoms with Gasteiger partial charge in [-0.3, -0.25) is 14.7 Å². The lowest BCUT2D eigenvalue weighted by molar-refractivity contribution is -0.122. The van der Waals surface area contributed by atoms with E-state index in [0.29, 0.717) is 12.6 Å². The van der Waals surface area contributed by atoms with Crippen molar-refractivity contribution in [3.8, 4) is 0 Å². The van der Waals surface area contributed by atoms with Crippen molar-refractivity contribution in [1.82, 2.24) is 20.9 Å². The molecule has 26 heavy (non-hydrogen) atoms. The molecule has 1 aliphatic heterocycles. The third kappa shape index (κ3) is 7.00. The minimum Gasteiger partial charge on any atom is -0.358 e. The quantitative estimate of drug-likeness (QED) is 0.386. The molecule has 0 bridgehead atoms. The van der Waals surface area contributed by atoms with Crippen LogP contribution in [0.3, 0.4) is 0 Å². The number of hydrogen-bond donors (Lipinski definition) is 3. The van der Waals surface area contributed by atoms with Gasteiger partial charge >= 0.3 is 0 Å². The molecule has 7 heteroatoms. The summed E-state index contributed by atoms with van der Waals surface area (Å²) in [6.07, 6.45) is 3.72. The number of carbonyl (C=O) groups excluding carboxylic acids is 1. The van der Waals surface area contributed by atoms with Crippen LogP contribution in [0, 0.1) is 5.82 Å². The van der Waals surface area contributed by atoms with Crippen molar-refractivity contribution in [2.24, 2.45) is 4.99 Å². The van der Waals surface area contributed by atoms with Gasteiger partial charge in [0.25, 0.3) is 0 Å². The van der Waals surface area contributed by atoms with E-state index in [1.165, 1.54) is 6.07 Å². The molecule has 2 rings (SSSR count). The Morgan fingerprint density at radius 2 is 2.12 bits per heavy atom. The first-order valence-electron chi connectivity index (χ1n) is 9.25. The summed E-state index contributed by atoms with van der Waals surface area (Å²) in [4.78, 5) is 17.9. The van der Waals surface area contributed by atoms with Crippen LogP contribution in [0.25, 0.3) is 0 Å². The average molecular weight is 363 g/mol. The molecule has 1 fully saturated rings. The summed E-state index contributed by atoms with van der Waals surface area (Å²) >= 11 is 0. The van der Waals surface area contributed by atoms with E-state index < -0.39 is 0 Å². The average Bonchev–Trinajstić information content (AvgIpc) is 2.65. The number of nitrogens with zero attached hydrogens (tertiary/aromatic N) is 2. The fourth-order valence-corrected chi connectivity index (χ4v) is 3.10. The summed E-state index contributed by atoms with van der Waals surface area (Å²) in [5.41, 5.74) is 1.01. The maximum absolute atomic E-state index is 13.2. The molecule has 1 aliphatic rings. The van der Waals surface area contributed by atoms with Crippen molar-refractivity contribution >= 4 is 11.9 Å². The molecule has 1 amide bonds. The summed E-state index contributed by atoms with van der Waals surface area (Å²) in [5.74, 6) is 0.678. The summed E-state index contributed by atoms with van der Waals surface area (Å²) in [5, 5.41) is 9.44. The molecule has 1 saturated heterocycles. The van der Waals surface area contributed by atoms with Gasteiger partial charge in [0.2, 0.25) is 5.91 Å². The fourth-order valence-electron chi connectivity index (χ4n) is 3.10. The Kier molecular flexibility index (Phi) is 8.34. The zero-order valence-electron chi connectivity index (χ0n) is 15.7. The molecule has 1 aromatic carbocycles. The lowest BCUT2D eigenvalue weighted by Gasteiger charge is -2.32. The van der Waals surface area contributed by atoms with Crippen LogP contribution in [0.1, 0.15) is 24.8 Å². The molecular weight excluding hydrogens is 333 g/mol. The van der Waals surface area contributed by atoms with Gasteiger partial charge in [0.05, 0.1) is 6.54 Å². The second-order valence-electron chi connectivity index (χ2n) is 6.60. The number of likely N-dealkylation sites (N-methyl/N-ethyl adjacent to an activating group) is 1. The smallest absolute Gasteiger partial charge is 0.233 e. The highest BCUT2D eigenvalue weighted by Gasteiger charge is 2.21. The molecule has 1 aromatic rings. The van der Waals surface area contributed by atoms with Gasteiger partial charge in [-0.25, -0.2) is 4.39 Å². The third-order valence-electron chi connectivity index (χ3n) is 4.62. The number of guanidine groups is 1. The number of aliphatic imine (C=N–C) groups is 1. The predicted molar refractivity (Wildman–Crippen MR) is 103 cm³/mol. The zero-order valence-corrected chi connectivity index (χ0v) is 15.7. The summed E-state index contributed by atoms with van der Waals surface area (Å²) in [7, 11) is 3.43. The molecule has 0 saturated carbocycles. The number of amides is 1. The van der Waals surface area contributed by atoms with Crippen molar-refractivity contribution < 1.29 is 9.18 Å². The fraction of sp³-hybridized carbons (Fsp3) is 0.579. The first kappa shape index (κ1) is 20.2. The molecule has 6 nitrogen and oxygen atoms in total. The highest BCUT2D eigenvalue weighted by Crippen LogP contribution is 2.10. The number of hydrogen-bond acceptors (Lipinski definition) is 3. The molecule has 0 aliphatic carbocycles. The van der Waals surface area contributed by atoms with E-state index in [-0.39, 0.29) is 11.7 Å². The Morgan fingerprint density at radius 3 is 2.77 bits per heavy atom. The Balaban J connectivity index is 1.64. The van der Waals surface area contributed by atoms with E-state index in [9.17, 15) is 9.18 Å². The van der Waals surface area contributed by atoms with E-state index in [0.717, 1.165) is 56.8 Å². The van der Waals surface area contributed by atoms with Gasteiger partial charge in [-0.1, -0.05) is 12.1 Å². The molecule has 3 N–H and O–H groups in total. The van der Waals surface area contributed by atoms with Crippen LogP contribution >= 0.6 is 0 Å². The van der Waals surface area contributed by atoms with Crippen LogP contribution < -0.4 is 16.0 Å². The third-order valence-corrected chi connectivity index (χ3v) is 4.62. The van der Waals surface area contributed by atoms with Gasteiger partial charge in [0.1, 0.15) is 5.82 Å². The lowest BCUT2D eigenvalue weighted by atomic mass is 10.1. The topological polar surface area (TPSA) is 68.8 Å². The first-order chi connectivity index (χ1) is 12.6. The van der Waals surface area contributed by atoms with Gasteiger partial charge < -0.3 is 16.0 Å². The van der Waals surface area contributed by atoms with Crippen molar-refractivity contribution in [3.63, 3.8) is 0 Å². The molecule has 0 radical (unpaired) electrons. The number of nitrogens with one attached hydrogen (secondary N) is 3. The van der Waals surface area contributed by atoms with E-state index in [2.05, 4.69) is 25.8 Å². The molecule has 0 unspecified atom stereocenters. The highest BCUT2D eigenvalue weighted by molar-refractivity contribution is 5.80. The molecule has 1 heterocycles. The van der Waals surface area contributed by atoms with Crippen LogP contribution in [-0.4, -0.2) is 63.1 Å². The van der Waals surface area contributed by atoms with Crippen LogP contribution in [0.2, 0.25) is 0 Å². The maximum atomic E-state index is 13.2. The van der Waals surface area contributed by atoms with Crippen LogP contribution in [0.5, 0.6) is 0 Å². The van der Waals surface area contributed by atoms with Crippen molar-refractivity contribution in [1.29, 1.82) is 0 Å². The molecule has 0 atom stereocenters. The van der Waals surface area contributed by atoms with Crippen LogP contribution in [-0.2, 0) is 11.2 Å². The van der Waals surface area contributed by atoms with Gasteiger partial charge in [0.15, 0.2) is 5.96 Å². The molecular formula is C19H30FN5O. The van der Waals surface area contributed by atoms with Gasteiger partial charge in [-0.2, -0.15) is 0 Å². The van der Waals surface area contributed by atoms with E-state index in [1.54, 1.807) is 26.2 Å². The van der Waals surface area contributed by atoms with Crippen molar-refractivity contribution in [2.45, 2.75) is 31.7 Å². The van der Waals surface area contributed by atoms with Crippen molar-refractivity contribution in [3.05, 3.63) is 35.6 Å². The second-order valence-corrected chi connectivity index (χ2v) is 6.60. The Bertz CT molecular complexity index is 599. The number of piperidine rings is 1. The summed E-state index contributed by atoms with van der Waals surface area (Å²) in [6, 6.07) is 7.11. The standard InChI is InChI=1S/C19H30FN5O/c1-21-18(26)14-25-11-8-17(9-12-25)24-19(22-2)23-10-4-6-15-5-3-7-16(20)13-15/h3,5,7,13,17H,4,6,8-12,14H2,1-2H3,(H,21,26)(H2,22,23,24). The minimum absolute atomic E-state index is 0.0622.